The molecule has 0 saturated heterocycles. The third-order valence-electron chi connectivity index (χ3n) is 1.36. The van der Waals surface area contributed by atoms with Crippen molar-refractivity contribution in [1.82, 2.24) is 9.71 Å². The summed E-state index contributed by atoms with van der Waals surface area (Å²) in [5.74, 6) is -3.20. The summed E-state index contributed by atoms with van der Waals surface area (Å²) >= 11 is 0. The van der Waals surface area contributed by atoms with Crippen LogP contribution in [0.3, 0.4) is 0 Å². The fourth-order valence-electron chi connectivity index (χ4n) is 0.550. The molecule has 1 aromatic rings. The normalized spacial score (nSPS) is 12.1. The van der Waals surface area contributed by atoms with Gasteiger partial charge < -0.3 is 0 Å². The van der Waals surface area contributed by atoms with E-state index in [1.165, 1.54) is 0 Å². The molecule has 0 unspecified atom stereocenters. The second-order valence-corrected chi connectivity index (χ2v) is 4.58. The number of pyridine rings is 1. The molecule has 0 aliphatic rings. The van der Waals surface area contributed by atoms with E-state index in [1.807, 2.05) is 18.2 Å². The second-order valence-electron chi connectivity index (χ2n) is 2.90. The van der Waals surface area contributed by atoms with E-state index in [1.54, 1.807) is 12.4 Å². The van der Waals surface area contributed by atoms with E-state index in [-0.39, 0.29) is 4.72 Å². The van der Waals surface area contributed by atoms with Crippen molar-refractivity contribution in [1.29, 1.82) is 0 Å². The van der Waals surface area contributed by atoms with Crippen LogP contribution >= 0.6 is 0 Å². The molecule has 1 aromatic heterocycles. The van der Waals surface area contributed by atoms with Gasteiger partial charge in [-0.15, -0.1) is 0 Å². The third kappa shape index (κ3) is 6.36. The van der Waals surface area contributed by atoms with Crippen LogP contribution in [0, 0.1) is 0 Å². The molecule has 1 heterocycles. The monoisotopic (exact) mass is 324 g/mol. The van der Waals surface area contributed by atoms with Gasteiger partial charge in [0.15, 0.2) is 0 Å². The number of carbonyl (C=O) groups excluding carboxylic acids is 1. The summed E-state index contributed by atoms with van der Waals surface area (Å²) < 4.78 is 87.9. The highest BCUT2D eigenvalue weighted by molar-refractivity contribution is 7.90. The van der Waals surface area contributed by atoms with Crippen LogP contribution in [0.4, 0.5) is 26.3 Å². The molecule has 12 heteroatoms. The summed E-state index contributed by atoms with van der Waals surface area (Å²) in [6, 6.07) is 5.72. The number of aromatic nitrogens is 1. The van der Waals surface area contributed by atoms with Crippen LogP contribution < -0.4 is 4.72 Å². The van der Waals surface area contributed by atoms with E-state index in [0.29, 0.717) is 0 Å². The number of nitrogens with one attached hydrogen (secondary N) is 1. The number of rotatable bonds is 1. The van der Waals surface area contributed by atoms with E-state index in [0.717, 1.165) is 0 Å². The summed E-state index contributed by atoms with van der Waals surface area (Å²) in [5, 5.41) is 0. The van der Waals surface area contributed by atoms with Crippen molar-refractivity contribution in [3.05, 3.63) is 30.6 Å². The molecule has 0 spiro atoms. The highest BCUT2D eigenvalue weighted by atomic mass is 32.2. The Morgan fingerprint density at radius 3 is 1.60 bits per heavy atom. The highest BCUT2D eigenvalue weighted by Gasteiger charge is 2.51. The Hall–Kier alpha value is -1.85. The van der Waals surface area contributed by atoms with Crippen LogP contribution in [0.25, 0.3) is 0 Å². The topological polar surface area (TPSA) is 76.1 Å². The molecule has 0 aromatic carbocycles. The maximum atomic E-state index is 11.4. The molecule has 1 amide bonds. The summed E-state index contributed by atoms with van der Waals surface area (Å²) in [6.45, 7) is 0. The Bertz CT molecular complexity index is 499. The fourth-order valence-corrected chi connectivity index (χ4v) is 1.03. The number of alkyl halides is 6. The largest absolute Gasteiger partial charge is 0.516 e. The lowest BCUT2D eigenvalue weighted by Crippen LogP contribution is -2.46. The minimum Gasteiger partial charge on any atom is -0.265 e. The van der Waals surface area contributed by atoms with Gasteiger partial charge in [-0.25, -0.2) is 4.72 Å². The number of hydrogen-bond acceptors (Lipinski definition) is 4. The van der Waals surface area contributed by atoms with Gasteiger partial charge in [0.1, 0.15) is 0 Å². The van der Waals surface area contributed by atoms with Gasteiger partial charge >= 0.3 is 27.6 Å². The minimum absolute atomic E-state index is 0.181. The van der Waals surface area contributed by atoms with E-state index in [4.69, 9.17) is 0 Å². The standard InChI is InChI=1S/C5H5N.C3HF6NO3S/c1-2-4-6-5-3-1;4-2(5,6)1(11)10-14(12,13)3(7,8)9/h1-5H;(H,10,11). The number of hydrogen-bond donors (Lipinski definition) is 1. The summed E-state index contributed by atoms with van der Waals surface area (Å²) in [6.07, 6.45) is -2.20. The molecule has 0 fully saturated rings. The molecule has 0 saturated carbocycles. The molecule has 114 valence electrons. The quantitative estimate of drug-likeness (QED) is 0.796. The van der Waals surface area contributed by atoms with Crippen LogP contribution in [0.15, 0.2) is 30.6 Å². The van der Waals surface area contributed by atoms with Gasteiger partial charge in [-0.3, -0.25) is 9.78 Å². The van der Waals surface area contributed by atoms with E-state index in [2.05, 4.69) is 4.98 Å². The van der Waals surface area contributed by atoms with E-state index in [9.17, 15) is 39.6 Å². The predicted molar refractivity (Wildman–Crippen MR) is 53.4 cm³/mol. The molecular formula is C8H6F6N2O3S. The first kappa shape index (κ1) is 18.1. The average Bonchev–Trinajstić information content (AvgIpc) is 2.28. The van der Waals surface area contributed by atoms with Gasteiger partial charge in [0.05, 0.1) is 0 Å². The van der Waals surface area contributed by atoms with Crippen molar-refractivity contribution in [2.24, 2.45) is 0 Å². The molecule has 0 bridgehead atoms. The first-order valence-electron chi connectivity index (χ1n) is 4.43. The predicted octanol–water partition coefficient (Wildman–Crippen LogP) is 1.60. The van der Waals surface area contributed by atoms with Crippen molar-refractivity contribution in [3.8, 4) is 0 Å². The van der Waals surface area contributed by atoms with Crippen molar-refractivity contribution >= 4 is 15.9 Å². The van der Waals surface area contributed by atoms with Crippen molar-refractivity contribution in [2.75, 3.05) is 0 Å². The van der Waals surface area contributed by atoms with Gasteiger partial charge in [0.25, 0.3) is 0 Å². The van der Waals surface area contributed by atoms with Crippen molar-refractivity contribution in [3.63, 3.8) is 0 Å². The lowest BCUT2D eigenvalue weighted by molar-refractivity contribution is -0.171. The number of nitrogens with zero attached hydrogens (tertiary/aromatic N) is 1. The highest BCUT2D eigenvalue weighted by Crippen LogP contribution is 2.23. The van der Waals surface area contributed by atoms with Gasteiger partial charge in [-0.1, -0.05) is 6.07 Å². The number of halogens is 6. The zero-order valence-corrected chi connectivity index (χ0v) is 10.1. The van der Waals surface area contributed by atoms with Crippen molar-refractivity contribution < 1.29 is 39.6 Å². The van der Waals surface area contributed by atoms with Gasteiger partial charge in [-0.05, 0) is 12.1 Å². The maximum absolute atomic E-state index is 11.4. The van der Waals surface area contributed by atoms with E-state index >= 15 is 0 Å². The summed E-state index contributed by atoms with van der Waals surface area (Å²) in [4.78, 5) is 13.6. The molecule has 20 heavy (non-hydrogen) atoms. The number of amides is 1. The van der Waals surface area contributed by atoms with Crippen LogP contribution in [0.2, 0.25) is 0 Å². The van der Waals surface area contributed by atoms with Crippen LogP contribution in [-0.4, -0.2) is 31.0 Å². The molecule has 1 rings (SSSR count). The van der Waals surface area contributed by atoms with Crippen LogP contribution in [0.5, 0.6) is 0 Å². The zero-order valence-electron chi connectivity index (χ0n) is 9.23. The number of sulfonamides is 1. The molecule has 0 aliphatic carbocycles. The first-order valence-corrected chi connectivity index (χ1v) is 5.91. The maximum Gasteiger partial charge on any atom is 0.516 e. The molecule has 0 radical (unpaired) electrons. The lowest BCUT2D eigenvalue weighted by Gasteiger charge is -2.10. The first-order chi connectivity index (χ1) is 8.88. The molecule has 0 aliphatic heterocycles. The SMILES string of the molecule is O=C(NS(=O)(=O)C(F)(F)F)C(F)(F)F.c1ccncc1. The molecule has 1 N–H and O–H groups in total. The Balaban J connectivity index is 0.000000493. The van der Waals surface area contributed by atoms with Gasteiger partial charge in [0.2, 0.25) is 0 Å². The zero-order chi connectivity index (χ0) is 16.0. The number of carbonyl (C=O) groups is 1. The van der Waals surface area contributed by atoms with Gasteiger partial charge in [-0.2, -0.15) is 34.8 Å². The van der Waals surface area contributed by atoms with Gasteiger partial charge in [0, 0.05) is 12.4 Å². The smallest absolute Gasteiger partial charge is 0.265 e. The van der Waals surface area contributed by atoms with Crippen LogP contribution in [0.1, 0.15) is 0 Å². The average molecular weight is 324 g/mol. The second kappa shape index (κ2) is 6.54. The minimum atomic E-state index is -6.30. The Morgan fingerprint density at radius 1 is 0.950 bits per heavy atom. The fraction of sp³-hybridized carbons (Fsp3) is 0.250. The summed E-state index contributed by atoms with van der Waals surface area (Å²) in [7, 11) is -6.30. The van der Waals surface area contributed by atoms with Crippen LogP contribution in [-0.2, 0) is 14.8 Å². The van der Waals surface area contributed by atoms with E-state index < -0.39 is 27.6 Å². The lowest BCUT2D eigenvalue weighted by atomic mass is 10.5. The molecular weight excluding hydrogens is 318 g/mol. The Kier molecular flexibility index (Phi) is 5.94. The van der Waals surface area contributed by atoms with Crippen molar-refractivity contribution in [2.45, 2.75) is 11.7 Å². The summed E-state index contributed by atoms with van der Waals surface area (Å²) in [5.41, 5.74) is -5.96. The molecule has 5 nitrogen and oxygen atoms in total. The Morgan fingerprint density at radius 2 is 1.40 bits per heavy atom. The third-order valence-corrected chi connectivity index (χ3v) is 2.42. The Labute approximate surface area is 108 Å². The molecule has 0 atom stereocenters.